The predicted octanol–water partition coefficient (Wildman–Crippen LogP) is 6.82. The van der Waals surface area contributed by atoms with E-state index in [1.54, 1.807) is 6.08 Å². The lowest BCUT2D eigenvalue weighted by Crippen LogP contribution is -2.39. The lowest BCUT2D eigenvalue weighted by atomic mass is 10.1. The zero-order valence-corrected chi connectivity index (χ0v) is 18.5. The summed E-state index contributed by atoms with van der Waals surface area (Å²) >= 11 is 1.06. The molecule has 2 aromatic rings. The molecule has 0 bridgehead atoms. The lowest BCUT2D eigenvalue weighted by Gasteiger charge is -2.28. The fourth-order valence-corrected chi connectivity index (χ4v) is 4.24. The number of amides is 1. The average molecular weight is 490 g/mol. The molecule has 0 spiro atoms. The normalized spacial score (nSPS) is 14.5. The van der Waals surface area contributed by atoms with Crippen LogP contribution in [0.2, 0.25) is 0 Å². The molecule has 2 aromatic carbocycles. The zero-order valence-electron chi connectivity index (χ0n) is 17.7. The van der Waals surface area contributed by atoms with Gasteiger partial charge in [-0.05, 0) is 55.8 Å². The molecule has 11 heteroatoms. The maximum absolute atomic E-state index is 15.1. The SMILES string of the molecule is C=CCC1(SNc2c(OC)cc(F)c(F)c2N(C(=O)C(F)(F)F)c2ccc(C)cc2F)CC1. The molecule has 0 saturated heterocycles. The first-order valence-electron chi connectivity index (χ1n) is 9.72. The molecule has 1 aliphatic rings. The van der Waals surface area contributed by atoms with E-state index in [4.69, 9.17) is 4.74 Å². The van der Waals surface area contributed by atoms with Gasteiger partial charge in [-0.15, -0.1) is 6.58 Å². The molecule has 4 nitrogen and oxygen atoms in total. The van der Waals surface area contributed by atoms with E-state index in [9.17, 15) is 26.7 Å². The number of halogens is 6. The number of nitrogens with zero attached hydrogens (tertiary/aromatic N) is 1. The minimum Gasteiger partial charge on any atom is -0.494 e. The topological polar surface area (TPSA) is 41.6 Å². The monoisotopic (exact) mass is 490 g/mol. The highest BCUT2D eigenvalue weighted by Gasteiger charge is 2.47. The van der Waals surface area contributed by atoms with E-state index in [0.717, 1.165) is 44.0 Å². The third-order valence-corrected chi connectivity index (χ3v) is 6.40. The van der Waals surface area contributed by atoms with Gasteiger partial charge in [0.2, 0.25) is 0 Å². The number of methoxy groups -OCH3 is 1. The second kappa shape index (κ2) is 9.20. The van der Waals surface area contributed by atoms with Crippen molar-refractivity contribution in [1.29, 1.82) is 0 Å². The van der Waals surface area contributed by atoms with Crippen molar-refractivity contribution in [3.8, 4) is 5.75 Å². The number of ether oxygens (including phenoxy) is 1. The van der Waals surface area contributed by atoms with Crippen LogP contribution in [0.25, 0.3) is 0 Å². The molecule has 0 atom stereocenters. The van der Waals surface area contributed by atoms with Crippen LogP contribution in [0.5, 0.6) is 5.75 Å². The highest BCUT2D eigenvalue weighted by Crippen LogP contribution is 2.53. The Bertz CT molecular complexity index is 1090. The van der Waals surface area contributed by atoms with E-state index in [0.29, 0.717) is 18.1 Å². The van der Waals surface area contributed by atoms with Crippen LogP contribution in [0.1, 0.15) is 24.8 Å². The number of carbonyl (C=O) groups is 1. The number of anilines is 3. The van der Waals surface area contributed by atoms with Gasteiger partial charge in [-0.1, -0.05) is 12.1 Å². The number of aryl methyl sites for hydroxylation is 1. The van der Waals surface area contributed by atoms with Gasteiger partial charge in [-0.3, -0.25) is 9.69 Å². The Labute approximate surface area is 190 Å². The third-order valence-electron chi connectivity index (χ3n) is 5.09. The standard InChI is InChI=1S/C22H20F6N2O2S/c1-4-7-21(8-9-21)33-29-18-16(32-3)11-14(24)17(25)19(18)30(20(31)22(26,27)28)15-6-5-12(2)10-13(15)23/h4-6,10-11,29H,1,7-9H2,2-3H3. The van der Waals surface area contributed by atoms with Gasteiger partial charge in [0, 0.05) is 10.8 Å². The summed E-state index contributed by atoms with van der Waals surface area (Å²) < 4.78 is 92.2. The molecule has 1 saturated carbocycles. The molecule has 0 aliphatic heterocycles. The molecule has 0 heterocycles. The molecule has 0 aromatic heterocycles. The van der Waals surface area contributed by atoms with Gasteiger partial charge in [0.1, 0.15) is 22.9 Å². The van der Waals surface area contributed by atoms with E-state index in [-0.39, 0.29) is 15.4 Å². The quantitative estimate of drug-likeness (QED) is 0.251. The molecule has 0 unspecified atom stereocenters. The van der Waals surface area contributed by atoms with Crippen LogP contribution in [0.4, 0.5) is 43.4 Å². The number of benzene rings is 2. The highest BCUT2D eigenvalue weighted by molar-refractivity contribution is 8.02. The predicted molar refractivity (Wildman–Crippen MR) is 115 cm³/mol. The van der Waals surface area contributed by atoms with Crippen LogP contribution < -0.4 is 14.4 Å². The number of hydrogen-bond acceptors (Lipinski definition) is 4. The molecule has 33 heavy (non-hydrogen) atoms. The van der Waals surface area contributed by atoms with Crippen LogP contribution in [-0.4, -0.2) is 23.9 Å². The smallest absolute Gasteiger partial charge is 0.472 e. The largest absolute Gasteiger partial charge is 0.494 e. The lowest BCUT2D eigenvalue weighted by molar-refractivity contribution is -0.169. The second-order valence-electron chi connectivity index (χ2n) is 7.57. The summed E-state index contributed by atoms with van der Waals surface area (Å²) in [7, 11) is 1.10. The Kier molecular flexibility index (Phi) is 6.92. The molecule has 3 rings (SSSR count). The van der Waals surface area contributed by atoms with Crippen molar-refractivity contribution in [2.75, 3.05) is 16.7 Å². The van der Waals surface area contributed by atoms with Gasteiger partial charge in [0.15, 0.2) is 11.6 Å². The molecule has 1 amide bonds. The molecular formula is C22H20F6N2O2S. The van der Waals surface area contributed by atoms with Gasteiger partial charge in [-0.25, -0.2) is 13.2 Å². The molecule has 0 radical (unpaired) electrons. The van der Waals surface area contributed by atoms with Crippen LogP contribution in [0.15, 0.2) is 36.9 Å². The fraction of sp³-hybridized carbons (Fsp3) is 0.318. The first kappa shape index (κ1) is 24.8. The van der Waals surface area contributed by atoms with Crippen molar-refractivity contribution in [3.05, 3.63) is 59.9 Å². The molecular weight excluding hydrogens is 470 g/mol. The van der Waals surface area contributed by atoms with E-state index in [1.165, 1.54) is 13.0 Å². The Morgan fingerprint density at radius 3 is 2.42 bits per heavy atom. The minimum atomic E-state index is -5.52. The van der Waals surface area contributed by atoms with E-state index in [2.05, 4.69) is 11.3 Å². The second-order valence-corrected chi connectivity index (χ2v) is 8.85. The van der Waals surface area contributed by atoms with Gasteiger partial charge in [0.25, 0.3) is 0 Å². The maximum Gasteiger partial charge on any atom is 0.472 e. The summed E-state index contributed by atoms with van der Waals surface area (Å²) in [6, 6.07) is 3.65. The Morgan fingerprint density at radius 2 is 1.91 bits per heavy atom. The summed E-state index contributed by atoms with van der Waals surface area (Å²) in [5.74, 6) is -7.53. The third kappa shape index (κ3) is 5.07. The van der Waals surface area contributed by atoms with Gasteiger partial charge in [0.05, 0.1) is 12.8 Å². The highest BCUT2D eigenvalue weighted by atomic mass is 32.2. The first-order valence-corrected chi connectivity index (χ1v) is 10.5. The van der Waals surface area contributed by atoms with Crippen LogP contribution in [0, 0.1) is 24.4 Å². The van der Waals surface area contributed by atoms with Crippen molar-refractivity contribution < 1.29 is 35.9 Å². The van der Waals surface area contributed by atoms with Crippen molar-refractivity contribution in [3.63, 3.8) is 0 Å². The van der Waals surface area contributed by atoms with Crippen molar-refractivity contribution in [1.82, 2.24) is 0 Å². The zero-order chi connectivity index (χ0) is 24.6. The summed E-state index contributed by atoms with van der Waals surface area (Å²) in [6.07, 6.45) is -1.82. The molecule has 1 aliphatic carbocycles. The average Bonchev–Trinajstić information content (AvgIpc) is 3.50. The van der Waals surface area contributed by atoms with Crippen molar-refractivity contribution in [2.24, 2.45) is 0 Å². The van der Waals surface area contributed by atoms with Gasteiger partial charge < -0.3 is 9.46 Å². The number of hydrogen-bond donors (Lipinski definition) is 1. The van der Waals surface area contributed by atoms with E-state index >= 15 is 4.39 Å². The Hall–Kier alpha value is -2.82. The number of alkyl halides is 3. The van der Waals surface area contributed by atoms with Crippen molar-refractivity contribution in [2.45, 2.75) is 37.1 Å². The van der Waals surface area contributed by atoms with E-state index in [1.807, 2.05) is 0 Å². The first-order chi connectivity index (χ1) is 15.4. The maximum atomic E-state index is 15.1. The van der Waals surface area contributed by atoms with Gasteiger partial charge in [-0.2, -0.15) is 13.2 Å². The fourth-order valence-electron chi connectivity index (χ4n) is 3.22. The van der Waals surface area contributed by atoms with E-state index < -0.39 is 46.6 Å². The van der Waals surface area contributed by atoms with Crippen LogP contribution in [0.3, 0.4) is 0 Å². The number of carbonyl (C=O) groups excluding carboxylic acids is 1. The summed E-state index contributed by atoms with van der Waals surface area (Å²) in [4.78, 5) is 12.2. The molecule has 1 N–H and O–H groups in total. The number of nitrogens with one attached hydrogen (secondary N) is 1. The molecule has 1 fully saturated rings. The van der Waals surface area contributed by atoms with Crippen molar-refractivity contribution >= 4 is 34.9 Å². The summed E-state index contributed by atoms with van der Waals surface area (Å²) in [6.45, 7) is 5.14. The molecule has 178 valence electrons. The Balaban J connectivity index is 2.24. The Morgan fingerprint density at radius 1 is 1.24 bits per heavy atom. The summed E-state index contributed by atoms with van der Waals surface area (Å²) in [5.41, 5.74) is -2.12. The number of rotatable bonds is 8. The number of allylic oxidation sites excluding steroid dienone is 1. The van der Waals surface area contributed by atoms with Crippen LogP contribution >= 0.6 is 11.9 Å². The van der Waals surface area contributed by atoms with Gasteiger partial charge >= 0.3 is 12.1 Å². The minimum absolute atomic E-state index is 0.217. The van der Waals surface area contributed by atoms with Crippen LogP contribution in [-0.2, 0) is 4.79 Å². The summed E-state index contributed by atoms with van der Waals surface area (Å²) in [5, 5.41) is 0.